The Morgan fingerprint density at radius 3 is 2.80 bits per heavy atom. The zero-order valence-electron chi connectivity index (χ0n) is 13.5. The van der Waals surface area contributed by atoms with Gasteiger partial charge in [0.1, 0.15) is 0 Å². The molecule has 0 aliphatic heterocycles. The molecule has 0 aliphatic carbocycles. The normalized spacial score (nSPS) is 11.8. The molecule has 2 aromatic rings. The number of carbonyl (C=O) groups is 2. The van der Waals surface area contributed by atoms with E-state index in [-0.39, 0.29) is 24.0 Å². The zero-order valence-corrected chi connectivity index (χ0v) is 15.2. The van der Waals surface area contributed by atoms with Crippen LogP contribution < -0.4 is 5.32 Å². The van der Waals surface area contributed by atoms with E-state index >= 15 is 0 Å². The molecule has 9 heteroatoms. The summed E-state index contributed by atoms with van der Waals surface area (Å²) in [5.74, 6) is -2.72. The summed E-state index contributed by atoms with van der Waals surface area (Å²) >= 11 is 2.54. The molecule has 0 radical (unpaired) electrons. The highest BCUT2D eigenvalue weighted by atomic mass is 32.2. The minimum atomic E-state index is -1.03. The Hall–Kier alpha value is -2.00. The Bertz CT molecular complexity index is 768. The van der Waals surface area contributed by atoms with E-state index in [0.717, 1.165) is 12.1 Å². The number of aromatic nitrogens is 1. The first-order valence-electron chi connectivity index (χ1n) is 7.41. The molecule has 0 bridgehead atoms. The third kappa shape index (κ3) is 5.79. The summed E-state index contributed by atoms with van der Waals surface area (Å²) in [4.78, 5) is 27.8. The molecule has 1 heterocycles. The van der Waals surface area contributed by atoms with Crippen LogP contribution in [0.4, 0.5) is 14.5 Å². The van der Waals surface area contributed by atoms with Crippen LogP contribution in [-0.4, -0.2) is 28.7 Å². The summed E-state index contributed by atoms with van der Waals surface area (Å²) in [5, 5.41) is 3.75. The Morgan fingerprint density at radius 2 is 2.12 bits per heavy atom. The lowest BCUT2D eigenvalue weighted by atomic mass is 10.3. The Morgan fingerprint density at radius 1 is 1.36 bits per heavy atom. The predicted octanol–water partition coefficient (Wildman–Crippen LogP) is 3.65. The number of thioether (sulfide) groups is 1. The molecule has 25 heavy (non-hydrogen) atoms. The van der Waals surface area contributed by atoms with Gasteiger partial charge in [-0.25, -0.2) is 13.8 Å². The Balaban J connectivity index is 1.91. The zero-order chi connectivity index (χ0) is 18.4. The number of hydrogen-bond donors (Lipinski definition) is 1. The fraction of sp³-hybridized carbons (Fsp3) is 0.312. The molecule has 0 saturated heterocycles. The third-order valence-corrected chi connectivity index (χ3v) is 5.12. The van der Waals surface area contributed by atoms with E-state index in [9.17, 15) is 18.4 Å². The van der Waals surface area contributed by atoms with E-state index in [1.54, 1.807) is 19.2 Å². The predicted molar refractivity (Wildman–Crippen MR) is 92.8 cm³/mol. The fourth-order valence-electron chi connectivity index (χ4n) is 1.81. The molecule has 1 aromatic heterocycles. The highest BCUT2D eigenvalue weighted by molar-refractivity contribution is 8.02. The lowest BCUT2D eigenvalue weighted by molar-refractivity contribution is -0.142. The van der Waals surface area contributed by atoms with Crippen molar-refractivity contribution >= 4 is 40.7 Å². The van der Waals surface area contributed by atoms with Crippen molar-refractivity contribution in [2.24, 2.45) is 0 Å². The number of carbonyl (C=O) groups excluding carboxylic acids is 2. The van der Waals surface area contributed by atoms with Gasteiger partial charge < -0.3 is 10.1 Å². The summed E-state index contributed by atoms with van der Waals surface area (Å²) in [6.45, 7) is 3.71. The fourth-order valence-corrected chi connectivity index (χ4v) is 3.79. The van der Waals surface area contributed by atoms with Crippen molar-refractivity contribution in [1.82, 2.24) is 4.98 Å². The second-order valence-electron chi connectivity index (χ2n) is 4.96. The number of anilines is 1. The number of nitrogens with one attached hydrogen (secondary N) is 1. The number of nitrogens with zero attached hydrogens (tertiary/aromatic N) is 1. The number of esters is 1. The summed E-state index contributed by atoms with van der Waals surface area (Å²) in [5.41, 5.74) is 0.762. The van der Waals surface area contributed by atoms with Crippen LogP contribution in [0, 0.1) is 11.6 Å². The van der Waals surface area contributed by atoms with E-state index in [1.807, 2.05) is 0 Å². The van der Waals surface area contributed by atoms with Crippen molar-refractivity contribution in [2.45, 2.75) is 29.9 Å². The molecule has 2 rings (SSSR count). The SMILES string of the molecule is CCOC(=O)Cc1csc(S[C@H](C)C(=O)Nc2ccc(F)c(F)c2)n1. The maximum Gasteiger partial charge on any atom is 0.311 e. The van der Waals surface area contributed by atoms with Crippen molar-refractivity contribution in [3.05, 3.63) is 40.9 Å². The van der Waals surface area contributed by atoms with Gasteiger partial charge in [-0.15, -0.1) is 11.3 Å². The number of thiazole rings is 1. The molecule has 0 fully saturated rings. The molecular weight excluding hydrogens is 370 g/mol. The molecule has 0 aliphatic rings. The average molecular weight is 386 g/mol. The van der Waals surface area contributed by atoms with Gasteiger partial charge in [0, 0.05) is 17.1 Å². The highest BCUT2D eigenvalue weighted by Gasteiger charge is 2.18. The standard InChI is InChI=1S/C16H16F2N2O3S2/c1-3-23-14(21)7-11-8-24-16(20-11)25-9(2)15(22)19-10-4-5-12(17)13(18)6-10/h4-6,8-9H,3,7H2,1-2H3,(H,19,22)/t9-/m1/s1. The van der Waals surface area contributed by atoms with E-state index in [4.69, 9.17) is 4.74 Å². The molecular formula is C16H16F2N2O3S2. The van der Waals surface area contributed by atoms with Gasteiger partial charge in [-0.05, 0) is 26.0 Å². The lowest BCUT2D eigenvalue weighted by Gasteiger charge is -2.10. The van der Waals surface area contributed by atoms with Gasteiger partial charge >= 0.3 is 5.97 Å². The van der Waals surface area contributed by atoms with Crippen molar-refractivity contribution in [3.63, 3.8) is 0 Å². The number of ether oxygens (including phenoxy) is 1. The molecule has 5 nitrogen and oxygen atoms in total. The monoisotopic (exact) mass is 386 g/mol. The summed E-state index contributed by atoms with van der Waals surface area (Å²) in [7, 11) is 0. The van der Waals surface area contributed by atoms with Gasteiger partial charge in [-0.3, -0.25) is 9.59 Å². The number of hydrogen-bond acceptors (Lipinski definition) is 6. The lowest BCUT2D eigenvalue weighted by Crippen LogP contribution is -2.22. The second kappa shape index (κ2) is 8.91. The molecule has 134 valence electrons. The highest BCUT2D eigenvalue weighted by Crippen LogP contribution is 2.28. The molecule has 1 amide bonds. The smallest absolute Gasteiger partial charge is 0.311 e. The van der Waals surface area contributed by atoms with Crippen molar-refractivity contribution < 1.29 is 23.1 Å². The van der Waals surface area contributed by atoms with E-state index in [0.29, 0.717) is 16.6 Å². The van der Waals surface area contributed by atoms with Crippen LogP contribution in [0.2, 0.25) is 0 Å². The second-order valence-corrected chi connectivity index (χ2v) is 7.41. The van der Waals surface area contributed by atoms with Crippen LogP contribution >= 0.6 is 23.1 Å². The minimum Gasteiger partial charge on any atom is -0.466 e. The first kappa shape index (κ1) is 19.3. The minimum absolute atomic E-state index is 0.0837. The van der Waals surface area contributed by atoms with Crippen LogP contribution in [-0.2, 0) is 20.7 Å². The van der Waals surface area contributed by atoms with E-state index < -0.39 is 16.9 Å². The van der Waals surface area contributed by atoms with Crippen LogP contribution in [0.1, 0.15) is 19.5 Å². The van der Waals surface area contributed by atoms with Crippen LogP contribution in [0.5, 0.6) is 0 Å². The number of benzene rings is 1. The summed E-state index contributed by atoms with van der Waals surface area (Å²) in [6.07, 6.45) is 0.0837. The maximum atomic E-state index is 13.2. The molecule has 1 N–H and O–H groups in total. The average Bonchev–Trinajstić information content (AvgIpc) is 2.98. The van der Waals surface area contributed by atoms with Gasteiger partial charge in [0.25, 0.3) is 0 Å². The molecule has 1 aromatic carbocycles. The summed E-state index contributed by atoms with van der Waals surface area (Å²) < 4.78 is 31.5. The van der Waals surface area contributed by atoms with Crippen LogP contribution in [0.15, 0.2) is 27.9 Å². The molecule has 0 saturated carbocycles. The quantitative estimate of drug-likeness (QED) is 0.581. The maximum absolute atomic E-state index is 13.2. The number of rotatable bonds is 7. The molecule has 0 unspecified atom stereocenters. The number of halogens is 2. The van der Waals surface area contributed by atoms with Crippen molar-refractivity contribution in [2.75, 3.05) is 11.9 Å². The first-order chi connectivity index (χ1) is 11.9. The van der Waals surface area contributed by atoms with Crippen molar-refractivity contribution in [1.29, 1.82) is 0 Å². The Kier molecular flexibility index (Phi) is 6.89. The van der Waals surface area contributed by atoms with Crippen LogP contribution in [0.25, 0.3) is 0 Å². The van der Waals surface area contributed by atoms with E-state index in [1.165, 1.54) is 29.2 Å². The topological polar surface area (TPSA) is 68.3 Å². The van der Waals surface area contributed by atoms with Crippen LogP contribution in [0.3, 0.4) is 0 Å². The van der Waals surface area contributed by atoms with Gasteiger partial charge in [-0.2, -0.15) is 0 Å². The number of amides is 1. The van der Waals surface area contributed by atoms with Crippen molar-refractivity contribution in [3.8, 4) is 0 Å². The summed E-state index contributed by atoms with van der Waals surface area (Å²) in [6, 6.07) is 3.16. The Labute approximate surface area is 151 Å². The van der Waals surface area contributed by atoms with Gasteiger partial charge in [-0.1, -0.05) is 11.8 Å². The first-order valence-corrected chi connectivity index (χ1v) is 9.17. The van der Waals surface area contributed by atoms with E-state index in [2.05, 4.69) is 10.3 Å². The van der Waals surface area contributed by atoms with Gasteiger partial charge in [0.05, 0.1) is 24.0 Å². The van der Waals surface area contributed by atoms with Gasteiger partial charge in [0.2, 0.25) is 5.91 Å². The third-order valence-electron chi connectivity index (χ3n) is 3.00. The largest absolute Gasteiger partial charge is 0.466 e. The van der Waals surface area contributed by atoms with Gasteiger partial charge in [0.15, 0.2) is 16.0 Å². The molecule has 0 spiro atoms. The molecule has 1 atom stereocenters.